The zero-order valence-electron chi connectivity index (χ0n) is 14.0. The molecule has 7 nitrogen and oxygen atoms in total. The Morgan fingerprint density at radius 3 is 2.68 bits per heavy atom. The lowest BCUT2D eigenvalue weighted by atomic mass is 9.94. The SMILES string of the molecule is Cc1c(C(=O)N2CC3CCCC3C2C(=O)O)nnn1-c1ccccc1. The molecular weight excluding hydrogens is 320 g/mol. The fraction of sp³-hybridized carbons (Fsp3) is 0.444. The molecular formula is C18H20N4O3. The first-order valence-electron chi connectivity index (χ1n) is 8.59. The second-order valence-corrected chi connectivity index (χ2v) is 6.87. The van der Waals surface area contributed by atoms with Crippen molar-refractivity contribution in [2.45, 2.75) is 32.2 Å². The van der Waals surface area contributed by atoms with Crippen LogP contribution in [0.15, 0.2) is 30.3 Å². The molecule has 2 heterocycles. The maximum absolute atomic E-state index is 13.0. The minimum Gasteiger partial charge on any atom is -0.480 e. The fourth-order valence-electron chi connectivity index (χ4n) is 4.31. The van der Waals surface area contributed by atoms with Crippen molar-refractivity contribution in [3.8, 4) is 5.69 Å². The number of carbonyl (C=O) groups excluding carboxylic acids is 1. The molecule has 130 valence electrons. The standard InChI is InChI=1S/C18H20N4O3/c1-11-15(19-20-22(11)13-7-3-2-4-8-13)17(23)21-10-12-6-5-9-14(12)16(21)18(24)25/h2-4,7-8,12,14,16H,5-6,9-10H2,1H3,(H,24,25). The van der Waals surface area contributed by atoms with Crippen LogP contribution in [0.3, 0.4) is 0 Å². The van der Waals surface area contributed by atoms with Crippen LogP contribution in [0.2, 0.25) is 0 Å². The van der Waals surface area contributed by atoms with Gasteiger partial charge in [-0.2, -0.15) is 0 Å². The minimum atomic E-state index is -0.921. The number of hydrogen-bond donors (Lipinski definition) is 1. The quantitative estimate of drug-likeness (QED) is 0.922. The summed E-state index contributed by atoms with van der Waals surface area (Å²) >= 11 is 0. The zero-order valence-corrected chi connectivity index (χ0v) is 14.0. The molecule has 1 aromatic carbocycles. The normalized spacial score (nSPS) is 25.2. The van der Waals surface area contributed by atoms with E-state index in [0.29, 0.717) is 12.2 Å². The summed E-state index contributed by atoms with van der Waals surface area (Å²) in [5, 5.41) is 17.8. The number of rotatable bonds is 3. The van der Waals surface area contributed by atoms with Crippen LogP contribution in [0, 0.1) is 18.8 Å². The highest BCUT2D eigenvalue weighted by molar-refractivity contribution is 5.96. The Labute approximate surface area is 145 Å². The molecule has 3 unspecified atom stereocenters. The van der Waals surface area contributed by atoms with E-state index in [1.54, 1.807) is 11.6 Å². The summed E-state index contributed by atoms with van der Waals surface area (Å²) in [6.07, 6.45) is 2.92. The van der Waals surface area contributed by atoms with E-state index in [2.05, 4.69) is 10.3 Å². The van der Waals surface area contributed by atoms with E-state index < -0.39 is 12.0 Å². The number of aromatic nitrogens is 3. The van der Waals surface area contributed by atoms with E-state index in [1.807, 2.05) is 30.3 Å². The topological polar surface area (TPSA) is 88.3 Å². The molecule has 1 aliphatic heterocycles. The first-order valence-corrected chi connectivity index (χ1v) is 8.59. The molecule has 2 fully saturated rings. The Kier molecular flexibility index (Phi) is 3.78. The van der Waals surface area contributed by atoms with E-state index in [1.165, 1.54) is 4.90 Å². The average molecular weight is 340 g/mol. The number of hydrogen-bond acceptors (Lipinski definition) is 4. The van der Waals surface area contributed by atoms with Gasteiger partial charge in [-0.1, -0.05) is 29.8 Å². The maximum Gasteiger partial charge on any atom is 0.326 e. The number of amides is 1. The van der Waals surface area contributed by atoms with Crippen molar-refractivity contribution in [3.05, 3.63) is 41.7 Å². The Morgan fingerprint density at radius 2 is 1.96 bits per heavy atom. The van der Waals surface area contributed by atoms with Gasteiger partial charge < -0.3 is 10.0 Å². The summed E-state index contributed by atoms with van der Waals surface area (Å²) in [7, 11) is 0. The molecule has 2 aromatic rings. The van der Waals surface area contributed by atoms with Crippen molar-refractivity contribution in [2.24, 2.45) is 11.8 Å². The number of benzene rings is 1. The van der Waals surface area contributed by atoms with Gasteiger partial charge in [0.15, 0.2) is 5.69 Å². The summed E-state index contributed by atoms with van der Waals surface area (Å²) in [5.74, 6) is -0.905. The molecule has 3 atom stereocenters. The summed E-state index contributed by atoms with van der Waals surface area (Å²) in [5.41, 5.74) is 1.67. The lowest BCUT2D eigenvalue weighted by Crippen LogP contribution is -2.43. The molecule has 2 aliphatic rings. The predicted octanol–water partition coefficient (Wildman–Crippen LogP) is 1.90. The van der Waals surface area contributed by atoms with Crippen molar-refractivity contribution in [3.63, 3.8) is 0 Å². The van der Waals surface area contributed by atoms with Crippen LogP contribution in [0.4, 0.5) is 0 Å². The first kappa shape index (κ1) is 15.8. The summed E-state index contributed by atoms with van der Waals surface area (Å²) in [4.78, 5) is 26.3. The van der Waals surface area contributed by atoms with Gasteiger partial charge in [0, 0.05) is 6.54 Å². The predicted molar refractivity (Wildman–Crippen MR) is 89.4 cm³/mol. The Hall–Kier alpha value is -2.70. The van der Waals surface area contributed by atoms with Gasteiger partial charge in [-0.05, 0) is 43.7 Å². The molecule has 0 spiro atoms. The van der Waals surface area contributed by atoms with Crippen LogP contribution in [0.1, 0.15) is 35.4 Å². The number of nitrogens with zero attached hydrogens (tertiary/aromatic N) is 4. The molecule has 1 aliphatic carbocycles. The lowest BCUT2D eigenvalue weighted by Gasteiger charge is -2.23. The number of likely N-dealkylation sites (tertiary alicyclic amines) is 1. The first-order chi connectivity index (χ1) is 12.1. The number of carbonyl (C=O) groups is 2. The Morgan fingerprint density at radius 1 is 1.20 bits per heavy atom. The summed E-state index contributed by atoms with van der Waals surface area (Å²) < 4.78 is 1.61. The summed E-state index contributed by atoms with van der Waals surface area (Å²) in [6, 6.07) is 8.70. The minimum absolute atomic E-state index is 0.0610. The molecule has 1 saturated heterocycles. The number of fused-ring (bicyclic) bond motifs is 1. The zero-order chi connectivity index (χ0) is 17.6. The van der Waals surface area contributed by atoms with Crippen LogP contribution in [-0.2, 0) is 4.79 Å². The average Bonchev–Trinajstić information content (AvgIpc) is 3.28. The summed E-state index contributed by atoms with van der Waals surface area (Å²) in [6.45, 7) is 2.28. The van der Waals surface area contributed by atoms with Gasteiger partial charge in [0.05, 0.1) is 11.4 Å². The molecule has 0 bridgehead atoms. The molecule has 1 saturated carbocycles. The highest BCUT2D eigenvalue weighted by atomic mass is 16.4. The second kappa shape index (κ2) is 5.98. The molecule has 1 aromatic heterocycles. The maximum atomic E-state index is 13.0. The molecule has 1 N–H and O–H groups in total. The fourth-order valence-corrected chi connectivity index (χ4v) is 4.31. The van der Waals surface area contributed by atoms with Gasteiger partial charge in [-0.3, -0.25) is 4.79 Å². The van der Waals surface area contributed by atoms with Crippen molar-refractivity contribution < 1.29 is 14.7 Å². The van der Waals surface area contributed by atoms with Gasteiger partial charge in [-0.25, -0.2) is 9.48 Å². The third kappa shape index (κ3) is 2.50. The molecule has 0 radical (unpaired) electrons. The van der Waals surface area contributed by atoms with Crippen LogP contribution >= 0.6 is 0 Å². The highest BCUT2D eigenvalue weighted by Crippen LogP contribution is 2.42. The van der Waals surface area contributed by atoms with Gasteiger partial charge in [-0.15, -0.1) is 5.10 Å². The highest BCUT2D eigenvalue weighted by Gasteiger charge is 2.50. The molecule has 25 heavy (non-hydrogen) atoms. The van der Waals surface area contributed by atoms with Gasteiger partial charge in [0.2, 0.25) is 0 Å². The number of para-hydroxylation sites is 1. The monoisotopic (exact) mass is 340 g/mol. The Balaban J connectivity index is 1.65. The number of carboxylic acid groups (broad SMARTS) is 1. The van der Waals surface area contributed by atoms with E-state index in [4.69, 9.17) is 0 Å². The van der Waals surface area contributed by atoms with Crippen molar-refractivity contribution in [1.29, 1.82) is 0 Å². The number of carboxylic acids is 1. The molecule has 1 amide bonds. The van der Waals surface area contributed by atoms with Gasteiger partial charge >= 0.3 is 5.97 Å². The van der Waals surface area contributed by atoms with Crippen LogP contribution in [0.5, 0.6) is 0 Å². The second-order valence-electron chi connectivity index (χ2n) is 6.87. The van der Waals surface area contributed by atoms with E-state index in [0.717, 1.165) is 24.9 Å². The lowest BCUT2D eigenvalue weighted by molar-refractivity contribution is -0.142. The van der Waals surface area contributed by atoms with E-state index in [9.17, 15) is 14.7 Å². The Bertz CT molecular complexity index is 817. The smallest absolute Gasteiger partial charge is 0.326 e. The van der Waals surface area contributed by atoms with Gasteiger partial charge in [0.25, 0.3) is 5.91 Å². The largest absolute Gasteiger partial charge is 0.480 e. The van der Waals surface area contributed by atoms with Crippen LogP contribution in [0.25, 0.3) is 5.69 Å². The van der Waals surface area contributed by atoms with Gasteiger partial charge in [0.1, 0.15) is 6.04 Å². The van der Waals surface area contributed by atoms with E-state index >= 15 is 0 Å². The third-order valence-electron chi connectivity index (χ3n) is 5.50. The van der Waals surface area contributed by atoms with Crippen molar-refractivity contribution in [1.82, 2.24) is 19.9 Å². The van der Waals surface area contributed by atoms with Crippen molar-refractivity contribution in [2.75, 3.05) is 6.54 Å². The van der Waals surface area contributed by atoms with E-state index in [-0.39, 0.29) is 23.4 Å². The molecule has 7 heteroatoms. The third-order valence-corrected chi connectivity index (χ3v) is 5.50. The van der Waals surface area contributed by atoms with Crippen LogP contribution in [-0.4, -0.2) is 49.5 Å². The van der Waals surface area contributed by atoms with Crippen LogP contribution < -0.4 is 0 Å². The van der Waals surface area contributed by atoms with Crippen molar-refractivity contribution >= 4 is 11.9 Å². The number of aliphatic carboxylic acids is 1. The molecule has 4 rings (SSSR count).